The van der Waals surface area contributed by atoms with Gasteiger partial charge in [-0.15, -0.1) is 46.2 Å². The molecular formula is C25H27N5O3S5. The largest absolute Gasteiger partial charge is 0.455 e. The van der Waals surface area contributed by atoms with E-state index in [2.05, 4.69) is 4.72 Å². The number of sulfonamides is 1. The first-order valence-electron chi connectivity index (χ1n) is 10.9. The second kappa shape index (κ2) is 13.7. The lowest BCUT2D eigenvalue weighted by molar-refractivity contribution is 0.475. The maximum Gasteiger partial charge on any atom is 0.236 e. The number of amidine groups is 2. The van der Waals surface area contributed by atoms with Crippen LogP contribution in [0.4, 0.5) is 5.69 Å². The monoisotopic (exact) mass is 605 g/mol. The molecule has 2 aromatic carbocycles. The molecule has 0 atom stereocenters. The van der Waals surface area contributed by atoms with Gasteiger partial charge in [0.15, 0.2) is 5.75 Å². The van der Waals surface area contributed by atoms with Crippen LogP contribution in [0.25, 0.3) is 0 Å². The zero-order chi connectivity index (χ0) is 27.7. The normalized spacial score (nSPS) is 10.8. The van der Waals surface area contributed by atoms with E-state index in [1.165, 1.54) is 34.4 Å². The minimum absolute atomic E-state index is 0.0659. The molecule has 0 aliphatic carbocycles. The molecule has 4 aromatic rings. The number of para-hydroxylation sites is 1. The summed E-state index contributed by atoms with van der Waals surface area (Å²) in [7, 11) is -3.50. The van der Waals surface area contributed by atoms with Crippen molar-refractivity contribution in [3.63, 3.8) is 0 Å². The van der Waals surface area contributed by atoms with Crippen molar-refractivity contribution in [2.45, 2.75) is 14.2 Å². The molecule has 0 spiro atoms. The van der Waals surface area contributed by atoms with Gasteiger partial charge in [-0.05, 0) is 36.3 Å². The number of anilines is 1. The van der Waals surface area contributed by atoms with Gasteiger partial charge in [0, 0.05) is 6.07 Å². The molecule has 0 amide bonds. The summed E-state index contributed by atoms with van der Waals surface area (Å²) in [5, 5.41) is 14.9. The highest BCUT2D eigenvalue weighted by Crippen LogP contribution is 2.39. The summed E-state index contributed by atoms with van der Waals surface area (Å²) in [6.45, 7) is 0. The Kier molecular flexibility index (Phi) is 10.7. The smallest absolute Gasteiger partial charge is 0.236 e. The van der Waals surface area contributed by atoms with Gasteiger partial charge >= 0.3 is 0 Å². The highest BCUT2D eigenvalue weighted by Gasteiger charge is 2.17. The Balaban J connectivity index is 0.000000215. The van der Waals surface area contributed by atoms with Crippen LogP contribution in [0.15, 0.2) is 81.2 Å². The number of ether oxygens (including phenoxy) is 1. The third kappa shape index (κ3) is 8.53. The molecule has 200 valence electrons. The summed E-state index contributed by atoms with van der Waals surface area (Å²) >= 11 is 5.79. The molecule has 8 nitrogen and oxygen atoms in total. The summed E-state index contributed by atoms with van der Waals surface area (Å²) in [6.07, 6.45) is 3.83. The number of nitrogens with two attached hydrogens (primary N) is 2. The van der Waals surface area contributed by atoms with Crippen molar-refractivity contribution in [1.29, 1.82) is 10.8 Å². The summed E-state index contributed by atoms with van der Waals surface area (Å²) in [5.41, 5.74) is 12.1. The van der Waals surface area contributed by atoms with Crippen LogP contribution in [-0.2, 0) is 15.8 Å². The third-order valence-corrected chi connectivity index (χ3v) is 10.5. The van der Waals surface area contributed by atoms with Gasteiger partial charge in [-0.25, -0.2) is 8.42 Å². The molecule has 0 unspecified atom stereocenters. The molecular weight excluding hydrogens is 579 g/mol. The van der Waals surface area contributed by atoms with Gasteiger partial charge in [0.2, 0.25) is 10.0 Å². The van der Waals surface area contributed by atoms with E-state index in [0.717, 1.165) is 30.4 Å². The fraction of sp³-hybridized carbons (Fsp3) is 0.120. The molecule has 0 radical (unpaired) electrons. The zero-order valence-corrected chi connectivity index (χ0v) is 24.6. The first-order chi connectivity index (χ1) is 18.1. The minimum atomic E-state index is -3.50. The average molecular weight is 606 g/mol. The number of hydrogen-bond acceptors (Lipinski definition) is 9. The summed E-state index contributed by atoms with van der Waals surface area (Å²) in [6, 6.07) is 22.0. The highest BCUT2D eigenvalue weighted by atomic mass is 32.2. The Bertz CT molecular complexity index is 1490. The second-order valence-corrected chi connectivity index (χ2v) is 13.5. The summed E-state index contributed by atoms with van der Waals surface area (Å²) in [4.78, 5) is 1.29. The van der Waals surface area contributed by atoms with Crippen molar-refractivity contribution in [1.82, 2.24) is 0 Å². The number of thiophene rings is 2. The molecule has 4 rings (SSSR count). The van der Waals surface area contributed by atoms with Gasteiger partial charge in [-0.1, -0.05) is 48.5 Å². The van der Waals surface area contributed by atoms with Gasteiger partial charge in [0.05, 0.1) is 25.4 Å². The van der Waals surface area contributed by atoms with Gasteiger partial charge < -0.3 is 16.2 Å². The zero-order valence-electron chi connectivity index (χ0n) is 20.6. The van der Waals surface area contributed by atoms with Crippen LogP contribution in [0.3, 0.4) is 0 Å². The first kappa shape index (κ1) is 29.6. The van der Waals surface area contributed by atoms with Crippen LogP contribution >= 0.6 is 46.2 Å². The lowest BCUT2D eigenvalue weighted by Gasteiger charge is -2.07. The van der Waals surface area contributed by atoms with E-state index in [4.69, 9.17) is 27.0 Å². The average Bonchev–Trinajstić information content (AvgIpc) is 3.49. The molecule has 0 saturated carbocycles. The topological polar surface area (TPSA) is 155 Å². The lowest BCUT2D eigenvalue weighted by atomic mass is 10.2. The van der Waals surface area contributed by atoms with Gasteiger partial charge in [0.25, 0.3) is 0 Å². The molecule has 0 fully saturated rings. The van der Waals surface area contributed by atoms with E-state index < -0.39 is 10.0 Å². The van der Waals surface area contributed by atoms with Crippen molar-refractivity contribution < 1.29 is 13.2 Å². The van der Waals surface area contributed by atoms with E-state index in [0.29, 0.717) is 10.6 Å². The Hall–Kier alpha value is -2.97. The number of benzene rings is 2. The van der Waals surface area contributed by atoms with Crippen LogP contribution in [0.2, 0.25) is 0 Å². The predicted octanol–water partition coefficient (Wildman–Crippen LogP) is 6.24. The van der Waals surface area contributed by atoms with Crippen LogP contribution in [0, 0.1) is 10.8 Å². The fourth-order valence-electron chi connectivity index (χ4n) is 3.05. The van der Waals surface area contributed by atoms with Crippen molar-refractivity contribution in [2.24, 2.45) is 11.5 Å². The molecule has 13 heteroatoms. The van der Waals surface area contributed by atoms with Crippen molar-refractivity contribution in [3.8, 4) is 11.5 Å². The Labute approximate surface area is 238 Å². The standard InChI is InChI=1S/C13H15N3O2S3.C12H12N2OS2/c1-19-13-10(7-11(20-13)12(14)15)16-21(17,18)8-9-5-3-2-4-6-9;1-16-12-9(7-10(17-12)11(13)14)15-8-5-3-2-4-6-8/h2-7,16H,8H2,1H3,(H3,14,15);2-7H,1H3,(H3,13,14). The minimum Gasteiger partial charge on any atom is -0.455 e. The third-order valence-electron chi connectivity index (χ3n) is 4.70. The molecule has 7 N–H and O–H groups in total. The molecule has 0 saturated heterocycles. The second-order valence-electron chi connectivity index (χ2n) is 7.57. The van der Waals surface area contributed by atoms with Crippen LogP contribution in [-0.4, -0.2) is 32.6 Å². The number of nitrogen functional groups attached to an aromatic ring is 2. The lowest BCUT2D eigenvalue weighted by Crippen LogP contribution is -2.15. The fourth-order valence-corrected chi connectivity index (χ4v) is 7.60. The predicted molar refractivity (Wildman–Crippen MR) is 163 cm³/mol. The molecule has 0 aliphatic rings. The number of hydrogen-bond donors (Lipinski definition) is 5. The number of nitrogens with one attached hydrogen (secondary N) is 3. The van der Waals surface area contributed by atoms with E-state index in [-0.39, 0.29) is 17.4 Å². The van der Waals surface area contributed by atoms with E-state index in [1.807, 2.05) is 55.0 Å². The van der Waals surface area contributed by atoms with Gasteiger partial charge in [-0.2, -0.15) is 0 Å². The summed E-state index contributed by atoms with van der Waals surface area (Å²) < 4.78 is 34.6. The maximum atomic E-state index is 12.2. The molecule has 2 aromatic heterocycles. The number of thioether (sulfide) groups is 2. The van der Waals surface area contributed by atoms with Gasteiger partial charge in [-0.3, -0.25) is 15.5 Å². The van der Waals surface area contributed by atoms with Crippen molar-refractivity contribution in [2.75, 3.05) is 17.2 Å². The van der Waals surface area contributed by atoms with E-state index in [9.17, 15) is 8.42 Å². The summed E-state index contributed by atoms with van der Waals surface area (Å²) in [5.74, 6) is 1.47. The Morgan fingerprint density at radius 1 is 0.868 bits per heavy atom. The SMILES string of the molecule is CSc1sc(C(=N)N)cc1NS(=O)(=O)Cc1ccccc1.CSc1sc(C(=N)N)cc1Oc1ccccc1. The van der Waals surface area contributed by atoms with Crippen LogP contribution in [0.5, 0.6) is 11.5 Å². The quantitative estimate of drug-likeness (QED) is 0.0814. The molecule has 0 aliphatic heterocycles. The van der Waals surface area contributed by atoms with Crippen LogP contribution < -0.4 is 20.9 Å². The van der Waals surface area contributed by atoms with E-state index in [1.54, 1.807) is 42.1 Å². The molecule has 38 heavy (non-hydrogen) atoms. The van der Waals surface area contributed by atoms with Crippen LogP contribution in [0.1, 0.15) is 15.3 Å². The maximum absolute atomic E-state index is 12.2. The molecule has 0 bridgehead atoms. The van der Waals surface area contributed by atoms with Crippen molar-refractivity contribution in [3.05, 3.63) is 88.1 Å². The highest BCUT2D eigenvalue weighted by molar-refractivity contribution is 8.01. The Morgan fingerprint density at radius 2 is 1.39 bits per heavy atom. The number of rotatable bonds is 10. The van der Waals surface area contributed by atoms with Crippen molar-refractivity contribution >= 4 is 73.6 Å². The van der Waals surface area contributed by atoms with Gasteiger partial charge in [0.1, 0.15) is 21.6 Å². The van der Waals surface area contributed by atoms with E-state index >= 15 is 0 Å². The Morgan fingerprint density at radius 3 is 1.95 bits per heavy atom. The first-order valence-corrected chi connectivity index (χ1v) is 16.7. The molecule has 2 heterocycles.